The van der Waals surface area contributed by atoms with Crippen LogP contribution in [0, 0.1) is 22.7 Å². The second-order valence-electron chi connectivity index (χ2n) is 13.7. The van der Waals surface area contributed by atoms with E-state index in [0.717, 1.165) is 0 Å². The number of hydrogen-bond donors (Lipinski definition) is 2. The molecule has 0 aliphatic carbocycles. The highest BCUT2D eigenvalue weighted by Crippen LogP contribution is 2.26. The Kier molecular flexibility index (Phi) is 17.4. The van der Waals surface area contributed by atoms with E-state index in [2.05, 4.69) is 12.1 Å². The lowest BCUT2D eigenvalue weighted by molar-refractivity contribution is -0.141. The number of nitrogens with two attached hydrogens (primary N) is 2. The zero-order valence-electron chi connectivity index (χ0n) is 34.1. The van der Waals surface area contributed by atoms with Crippen molar-refractivity contribution in [3.8, 4) is 35.1 Å². The van der Waals surface area contributed by atoms with Gasteiger partial charge in [-0.2, -0.15) is 10.5 Å². The maximum absolute atomic E-state index is 12.8. The Bertz CT molecular complexity index is 2320. The number of ether oxygens (including phenoxy) is 6. The Morgan fingerprint density at radius 1 is 0.556 bits per heavy atom. The van der Waals surface area contributed by atoms with E-state index >= 15 is 0 Å². The van der Waals surface area contributed by atoms with E-state index in [9.17, 15) is 19.2 Å². The van der Waals surface area contributed by atoms with Crippen LogP contribution in [-0.2, 0) is 19.1 Å². The molecule has 4 N–H and O–H groups in total. The van der Waals surface area contributed by atoms with Crippen molar-refractivity contribution in [1.82, 2.24) is 0 Å². The molecule has 5 aromatic carbocycles. The van der Waals surface area contributed by atoms with Crippen molar-refractivity contribution in [2.24, 2.45) is 0 Å². The standard InChI is InChI=1S/C49H44N4O10/c50-27-1-3-29-58-40-20-11-36(12-21-40)48(56)62-42-16-5-34(6-17-42)9-25-46(54)60-32-38(44-24-15-39(52)31-45(44)53)33-61-47(55)26-10-35-7-18-43(19-8-35)63-49(57)37-13-22-41(23-14-37)59-30-4-2-28-51/h5-26,31,38H,1-4,29-30,32-33,52-53H2/b25-9+,26-10+. The number of carbonyl (C=O) groups is 4. The summed E-state index contributed by atoms with van der Waals surface area (Å²) in [6.07, 6.45) is 7.58. The number of unbranched alkanes of at least 4 members (excludes halogenated alkanes) is 2. The van der Waals surface area contributed by atoms with Crippen LogP contribution in [0.5, 0.6) is 23.0 Å². The first-order valence-corrected chi connectivity index (χ1v) is 19.8. The number of hydrogen-bond acceptors (Lipinski definition) is 14. The number of benzene rings is 5. The summed E-state index contributed by atoms with van der Waals surface area (Å²) in [6.45, 7) is 0.466. The number of esters is 4. The third-order valence-electron chi connectivity index (χ3n) is 8.99. The first kappa shape index (κ1) is 45.7. The predicted molar refractivity (Wildman–Crippen MR) is 234 cm³/mol. The number of nitrogen functional groups attached to an aromatic ring is 2. The molecular weight excluding hydrogens is 805 g/mol. The molecule has 0 saturated heterocycles. The molecule has 14 nitrogen and oxygen atoms in total. The van der Waals surface area contributed by atoms with Crippen LogP contribution < -0.4 is 30.4 Å². The average molecular weight is 849 g/mol. The van der Waals surface area contributed by atoms with E-state index in [1.165, 1.54) is 24.3 Å². The molecule has 320 valence electrons. The summed E-state index contributed by atoms with van der Waals surface area (Å²) < 4.78 is 33.1. The molecule has 0 radical (unpaired) electrons. The minimum Gasteiger partial charge on any atom is -0.494 e. The molecule has 0 unspecified atom stereocenters. The minimum atomic E-state index is -0.658. The molecule has 5 aromatic rings. The smallest absolute Gasteiger partial charge is 0.343 e. The number of nitriles is 2. The molecule has 5 rings (SSSR count). The zero-order chi connectivity index (χ0) is 44.8. The largest absolute Gasteiger partial charge is 0.494 e. The molecule has 0 atom stereocenters. The number of rotatable bonds is 21. The van der Waals surface area contributed by atoms with E-state index in [-0.39, 0.29) is 13.2 Å². The Morgan fingerprint density at radius 3 is 1.37 bits per heavy atom. The fourth-order valence-corrected chi connectivity index (χ4v) is 5.67. The highest BCUT2D eigenvalue weighted by atomic mass is 16.6. The van der Waals surface area contributed by atoms with Crippen LogP contribution in [0.2, 0.25) is 0 Å². The van der Waals surface area contributed by atoms with Crippen molar-refractivity contribution >= 4 is 47.4 Å². The SMILES string of the molecule is N#CCCCOc1ccc(C(=O)Oc2ccc(/C=C/C(=O)OCC(COC(=O)/C=C/c3ccc(OC(=O)c4ccc(OCCCC#N)cc4)cc3)c3ccc(N)cc3N)cc2)cc1. The lowest BCUT2D eigenvalue weighted by Gasteiger charge is -2.19. The van der Waals surface area contributed by atoms with Gasteiger partial charge in [-0.1, -0.05) is 30.3 Å². The lowest BCUT2D eigenvalue weighted by atomic mass is 9.98. The second kappa shape index (κ2) is 24.0. The summed E-state index contributed by atoms with van der Waals surface area (Å²) in [6, 6.07) is 35.0. The Morgan fingerprint density at radius 2 is 0.968 bits per heavy atom. The van der Waals surface area contributed by atoms with Gasteiger partial charge in [-0.3, -0.25) is 0 Å². The zero-order valence-corrected chi connectivity index (χ0v) is 34.1. The van der Waals surface area contributed by atoms with E-state index < -0.39 is 29.8 Å². The molecule has 0 amide bonds. The summed E-state index contributed by atoms with van der Waals surface area (Å²) in [5, 5.41) is 17.3. The molecule has 0 aliphatic rings. The van der Waals surface area contributed by atoms with Crippen molar-refractivity contribution in [3.05, 3.63) is 155 Å². The van der Waals surface area contributed by atoms with Gasteiger partial charge in [-0.05, 0) is 127 Å². The first-order chi connectivity index (χ1) is 30.6. The van der Waals surface area contributed by atoms with Crippen LogP contribution in [0.15, 0.2) is 127 Å². The molecule has 0 spiro atoms. The van der Waals surface area contributed by atoms with Crippen LogP contribution in [0.4, 0.5) is 11.4 Å². The Hall–Kier alpha value is -8.36. The van der Waals surface area contributed by atoms with Gasteiger partial charge in [0.05, 0.1) is 42.4 Å². The maximum Gasteiger partial charge on any atom is 0.343 e. The van der Waals surface area contributed by atoms with Crippen molar-refractivity contribution < 1.29 is 47.6 Å². The van der Waals surface area contributed by atoms with Crippen LogP contribution in [0.25, 0.3) is 12.2 Å². The van der Waals surface area contributed by atoms with Gasteiger partial charge in [-0.25, -0.2) is 19.2 Å². The maximum atomic E-state index is 12.8. The third-order valence-corrected chi connectivity index (χ3v) is 8.99. The van der Waals surface area contributed by atoms with Gasteiger partial charge in [0, 0.05) is 36.4 Å². The van der Waals surface area contributed by atoms with Crippen LogP contribution >= 0.6 is 0 Å². The molecular formula is C49H44N4O10. The average Bonchev–Trinajstić information content (AvgIpc) is 3.29. The van der Waals surface area contributed by atoms with Crippen molar-refractivity contribution in [2.45, 2.75) is 31.6 Å². The van der Waals surface area contributed by atoms with Gasteiger partial charge >= 0.3 is 23.9 Å². The molecule has 14 heteroatoms. The highest BCUT2D eigenvalue weighted by Gasteiger charge is 2.19. The fourth-order valence-electron chi connectivity index (χ4n) is 5.67. The molecule has 0 bridgehead atoms. The summed E-state index contributed by atoms with van der Waals surface area (Å²) in [5.74, 6) is -1.29. The van der Waals surface area contributed by atoms with Gasteiger partial charge < -0.3 is 39.9 Å². The number of carbonyl (C=O) groups excluding carboxylic acids is 4. The van der Waals surface area contributed by atoms with Gasteiger partial charge in [0.25, 0.3) is 0 Å². The fraction of sp³-hybridized carbons (Fsp3) is 0.184. The van der Waals surface area contributed by atoms with Gasteiger partial charge in [0.1, 0.15) is 36.2 Å². The molecule has 0 aromatic heterocycles. The molecule has 0 fully saturated rings. The highest BCUT2D eigenvalue weighted by molar-refractivity contribution is 5.92. The molecule has 63 heavy (non-hydrogen) atoms. The number of nitrogens with zero attached hydrogens (tertiary/aromatic N) is 2. The van der Waals surface area contributed by atoms with Gasteiger partial charge in [-0.15, -0.1) is 0 Å². The summed E-state index contributed by atoms with van der Waals surface area (Å²) in [7, 11) is 0. The quantitative estimate of drug-likeness (QED) is 0.0233. The van der Waals surface area contributed by atoms with E-state index in [1.807, 2.05) is 0 Å². The van der Waals surface area contributed by atoms with E-state index in [1.54, 1.807) is 115 Å². The van der Waals surface area contributed by atoms with Crippen molar-refractivity contribution in [3.63, 3.8) is 0 Å². The van der Waals surface area contributed by atoms with Crippen molar-refractivity contribution in [1.29, 1.82) is 10.5 Å². The number of anilines is 2. The van der Waals surface area contributed by atoms with Crippen LogP contribution in [-0.4, -0.2) is 50.3 Å². The van der Waals surface area contributed by atoms with Gasteiger partial charge in [0.2, 0.25) is 0 Å². The molecule has 0 saturated carbocycles. The van der Waals surface area contributed by atoms with Gasteiger partial charge in [0.15, 0.2) is 0 Å². The predicted octanol–water partition coefficient (Wildman–Crippen LogP) is 8.25. The first-order valence-electron chi connectivity index (χ1n) is 19.8. The molecule has 0 aliphatic heterocycles. The normalized spacial score (nSPS) is 10.8. The summed E-state index contributed by atoms with van der Waals surface area (Å²) in [4.78, 5) is 50.8. The minimum absolute atomic E-state index is 0.168. The Labute approximate surface area is 364 Å². The summed E-state index contributed by atoms with van der Waals surface area (Å²) >= 11 is 0. The van der Waals surface area contributed by atoms with E-state index in [0.29, 0.717) is 101 Å². The van der Waals surface area contributed by atoms with E-state index in [4.69, 9.17) is 50.4 Å². The third kappa shape index (κ3) is 15.3. The summed E-state index contributed by atoms with van der Waals surface area (Å²) in [5.41, 5.74) is 15.4. The topological polar surface area (TPSA) is 223 Å². The van der Waals surface area contributed by atoms with Crippen LogP contribution in [0.1, 0.15) is 69.0 Å². The molecule has 0 heterocycles. The monoisotopic (exact) mass is 848 g/mol. The second-order valence-corrected chi connectivity index (χ2v) is 13.7. The Balaban J connectivity index is 1.09. The van der Waals surface area contributed by atoms with Crippen LogP contribution in [0.3, 0.4) is 0 Å². The lowest BCUT2D eigenvalue weighted by Crippen LogP contribution is -2.19. The van der Waals surface area contributed by atoms with Crippen molar-refractivity contribution in [2.75, 3.05) is 37.9 Å².